The molecule has 0 saturated heterocycles. The maximum atomic E-state index is 11.3. The van der Waals surface area contributed by atoms with Crippen LogP contribution in [0.2, 0.25) is 0 Å². The van der Waals surface area contributed by atoms with Gasteiger partial charge in [-0.2, -0.15) is 0 Å². The van der Waals surface area contributed by atoms with Gasteiger partial charge in [-0.25, -0.2) is 4.98 Å². The van der Waals surface area contributed by atoms with Gasteiger partial charge in [-0.3, -0.25) is 4.79 Å². The van der Waals surface area contributed by atoms with E-state index in [4.69, 9.17) is 4.74 Å². The molecule has 158 valence electrons. The summed E-state index contributed by atoms with van der Waals surface area (Å²) in [6.45, 7) is 2.20. The molecule has 32 heavy (non-hydrogen) atoms. The molecule has 1 saturated carbocycles. The van der Waals surface area contributed by atoms with E-state index >= 15 is 0 Å². The second kappa shape index (κ2) is 7.20. The Morgan fingerprint density at radius 1 is 1.03 bits per heavy atom. The molecule has 3 aliphatic rings. The van der Waals surface area contributed by atoms with Gasteiger partial charge < -0.3 is 9.14 Å². The fourth-order valence-corrected chi connectivity index (χ4v) is 5.44. The Labute approximate surface area is 187 Å². The lowest BCUT2D eigenvalue weighted by atomic mass is 9.68. The van der Waals surface area contributed by atoms with Crippen molar-refractivity contribution in [1.29, 1.82) is 0 Å². The summed E-state index contributed by atoms with van der Waals surface area (Å²) in [6, 6.07) is 19.5. The van der Waals surface area contributed by atoms with Crippen LogP contribution in [0.1, 0.15) is 57.1 Å². The lowest BCUT2D eigenvalue weighted by Gasteiger charge is -2.36. The topological polar surface area (TPSA) is 43.6 Å². The second-order valence-corrected chi connectivity index (χ2v) is 8.89. The van der Waals surface area contributed by atoms with Crippen molar-refractivity contribution in [2.24, 2.45) is 5.92 Å². The standard InChI is InChI=1S/C28H24N2O2/c1-17-5-3-4-6-23(17)28-20-11-19(12-20)25-14-22(32-2)7-8-24(25)27(28)18-9-10-30-15-21(16-31)29-26(30)13-18/h3-10,13-16,19-20H,11-12H2,1-2H3. The molecule has 4 nitrogen and oxygen atoms in total. The molecule has 4 heteroatoms. The van der Waals surface area contributed by atoms with Crippen molar-refractivity contribution < 1.29 is 9.53 Å². The number of carbonyl (C=O) groups is 1. The third-order valence-electron chi connectivity index (χ3n) is 7.11. The monoisotopic (exact) mass is 420 g/mol. The summed E-state index contributed by atoms with van der Waals surface area (Å²) in [5, 5.41) is 0. The van der Waals surface area contributed by atoms with Gasteiger partial charge in [0.15, 0.2) is 6.29 Å². The minimum Gasteiger partial charge on any atom is -0.497 e. The summed E-state index contributed by atoms with van der Waals surface area (Å²) in [4.78, 5) is 15.7. The first-order valence-electron chi connectivity index (χ1n) is 11.1. The first-order chi connectivity index (χ1) is 15.7. The van der Waals surface area contributed by atoms with Crippen LogP contribution in [0.3, 0.4) is 0 Å². The predicted molar refractivity (Wildman–Crippen MR) is 126 cm³/mol. The lowest BCUT2D eigenvalue weighted by Crippen LogP contribution is -2.22. The van der Waals surface area contributed by atoms with Crippen LogP contribution in [0, 0.1) is 12.8 Å². The molecule has 0 aliphatic heterocycles. The van der Waals surface area contributed by atoms with Gasteiger partial charge in [0.05, 0.1) is 7.11 Å². The molecule has 1 fully saturated rings. The van der Waals surface area contributed by atoms with E-state index in [-0.39, 0.29) is 0 Å². The van der Waals surface area contributed by atoms with E-state index in [1.807, 2.05) is 10.6 Å². The molecule has 7 rings (SSSR count). The summed E-state index contributed by atoms with van der Waals surface area (Å²) in [7, 11) is 1.73. The first kappa shape index (κ1) is 19.1. The molecular formula is C28H24N2O2. The fraction of sp³-hybridized carbons (Fsp3) is 0.214. The van der Waals surface area contributed by atoms with Crippen LogP contribution in [0.4, 0.5) is 0 Å². The van der Waals surface area contributed by atoms with Crippen LogP contribution < -0.4 is 4.74 Å². The molecule has 0 spiro atoms. The summed E-state index contributed by atoms with van der Waals surface area (Å²) < 4.78 is 7.48. The van der Waals surface area contributed by atoms with Crippen LogP contribution in [0.25, 0.3) is 16.8 Å². The van der Waals surface area contributed by atoms with E-state index in [2.05, 4.69) is 66.5 Å². The van der Waals surface area contributed by atoms with Gasteiger partial charge in [0.1, 0.15) is 17.1 Å². The van der Waals surface area contributed by atoms with Crippen LogP contribution in [0.5, 0.6) is 5.75 Å². The SMILES string of the molecule is COc1ccc2c(c1)C1CC(C1)C(c1ccccc1C)=C2c1ccn2cc(C=O)nc2c1. The van der Waals surface area contributed by atoms with Gasteiger partial charge in [-0.1, -0.05) is 30.3 Å². The highest BCUT2D eigenvalue weighted by molar-refractivity contribution is 6.02. The second-order valence-electron chi connectivity index (χ2n) is 8.89. The maximum absolute atomic E-state index is 11.3. The van der Waals surface area contributed by atoms with Crippen molar-refractivity contribution in [1.82, 2.24) is 9.38 Å². The fourth-order valence-electron chi connectivity index (χ4n) is 5.44. The molecule has 2 bridgehead atoms. The Morgan fingerprint density at radius 2 is 1.88 bits per heavy atom. The van der Waals surface area contributed by atoms with E-state index in [1.54, 1.807) is 13.3 Å². The largest absolute Gasteiger partial charge is 0.497 e. The number of imidazole rings is 1. The quantitative estimate of drug-likeness (QED) is 0.384. The van der Waals surface area contributed by atoms with Gasteiger partial charge in [-0.15, -0.1) is 0 Å². The van der Waals surface area contributed by atoms with Crippen molar-refractivity contribution in [2.75, 3.05) is 7.11 Å². The molecule has 2 heterocycles. The van der Waals surface area contributed by atoms with Crippen LogP contribution in [-0.2, 0) is 0 Å². The number of rotatable bonds is 4. The van der Waals surface area contributed by atoms with Gasteiger partial charge in [0.25, 0.3) is 0 Å². The van der Waals surface area contributed by atoms with Crippen molar-refractivity contribution >= 4 is 23.1 Å². The minimum absolute atomic E-state index is 0.448. The third-order valence-corrected chi connectivity index (χ3v) is 7.11. The molecular weight excluding hydrogens is 396 g/mol. The van der Waals surface area contributed by atoms with E-state index in [0.717, 1.165) is 36.1 Å². The highest BCUT2D eigenvalue weighted by Crippen LogP contribution is 2.57. The van der Waals surface area contributed by atoms with Gasteiger partial charge in [0, 0.05) is 12.4 Å². The van der Waals surface area contributed by atoms with E-state index in [9.17, 15) is 4.79 Å². The van der Waals surface area contributed by atoms with Gasteiger partial charge in [-0.05, 0) is 94.8 Å². The van der Waals surface area contributed by atoms with Gasteiger partial charge in [0.2, 0.25) is 0 Å². The Bertz CT molecular complexity index is 1410. The number of benzene rings is 2. The zero-order valence-electron chi connectivity index (χ0n) is 18.2. The van der Waals surface area contributed by atoms with Crippen molar-refractivity contribution in [2.45, 2.75) is 25.7 Å². The Balaban J connectivity index is 1.67. The zero-order chi connectivity index (χ0) is 21.8. The molecule has 2 aromatic carbocycles. The molecule has 0 radical (unpaired) electrons. The number of hydrogen-bond acceptors (Lipinski definition) is 3. The van der Waals surface area contributed by atoms with Crippen molar-refractivity contribution in [3.63, 3.8) is 0 Å². The molecule has 0 atom stereocenters. The van der Waals surface area contributed by atoms with E-state index < -0.39 is 0 Å². The number of aldehydes is 1. The van der Waals surface area contributed by atoms with Crippen LogP contribution in [-0.4, -0.2) is 22.8 Å². The summed E-state index contributed by atoms with van der Waals surface area (Å²) >= 11 is 0. The number of aromatic nitrogens is 2. The molecule has 0 amide bonds. The molecule has 0 unspecified atom stereocenters. The summed E-state index contributed by atoms with van der Waals surface area (Å²) in [5.41, 5.74) is 10.3. The van der Waals surface area contributed by atoms with Crippen LogP contribution in [0.15, 0.2) is 67.0 Å². The van der Waals surface area contributed by atoms with Crippen LogP contribution >= 0.6 is 0 Å². The highest BCUT2D eigenvalue weighted by Gasteiger charge is 2.40. The predicted octanol–water partition coefficient (Wildman–Crippen LogP) is 5.93. The number of hydrogen-bond donors (Lipinski definition) is 0. The third kappa shape index (κ3) is 2.83. The molecule has 4 aromatic rings. The maximum Gasteiger partial charge on any atom is 0.170 e. The summed E-state index contributed by atoms with van der Waals surface area (Å²) in [6.07, 6.45) is 6.90. The highest BCUT2D eigenvalue weighted by atomic mass is 16.5. The molecule has 3 aliphatic carbocycles. The number of aryl methyl sites for hydroxylation is 1. The average Bonchev–Trinajstić information content (AvgIpc) is 3.08. The Hall–Kier alpha value is -3.66. The Morgan fingerprint density at radius 3 is 2.66 bits per heavy atom. The van der Waals surface area contributed by atoms with E-state index in [1.165, 1.54) is 33.4 Å². The summed E-state index contributed by atoms with van der Waals surface area (Å²) in [5.74, 6) is 1.99. The minimum atomic E-state index is 0.448. The number of carbonyl (C=O) groups excluding carboxylic acids is 1. The number of ether oxygens (including phenoxy) is 1. The van der Waals surface area contributed by atoms with Crippen molar-refractivity contribution in [3.8, 4) is 5.75 Å². The zero-order valence-corrected chi connectivity index (χ0v) is 18.2. The number of nitrogens with zero attached hydrogens (tertiary/aromatic N) is 2. The number of pyridine rings is 1. The average molecular weight is 421 g/mol. The number of fused-ring (bicyclic) bond motifs is 1. The van der Waals surface area contributed by atoms with Gasteiger partial charge >= 0.3 is 0 Å². The number of methoxy groups -OCH3 is 1. The first-order valence-corrected chi connectivity index (χ1v) is 11.1. The Kier molecular flexibility index (Phi) is 4.29. The lowest BCUT2D eigenvalue weighted by molar-refractivity contribution is 0.111. The smallest absolute Gasteiger partial charge is 0.170 e. The molecule has 2 aromatic heterocycles. The number of allylic oxidation sites excluding steroid dienone is 1. The van der Waals surface area contributed by atoms with E-state index in [0.29, 0.717) is 17.5 Å². The molecule has 0 N–H and O–H groups in total. The normalized spacial score (nSPS) is 19.3. The van der Waals surface area contributed by atoms with Crippen molar-refractivity contribution in [3.05, 3.63) is 101 Å².